The van der Waals surface area contributed by atoms with Gasteiger partial charge in [0.05, 0.1) is 15.5 Å². The number of pyridine rings is 1. The van der Waals surface area contributed by atoms with Crippen molar-refractivity contribution in [1.29, 1.82) is 0 Å². The lowest BCUT2D eigenvalue weighted by Crippen LogP contribution is -2.20. The molecule has 0 bridgehead atoms. The minimum atomic E-state index is 0.649. The van der Waals surface area contributed by atoms with Crippen molar-refractivity contribution in [3.63, 3.8) is 0 Å². The van der Waals surface area contributed by atoms with Crippen LogP contribution in [0.4, 0.5) is 0 Å². The highest BCUT2D eigenvalue weighted by Gasteiger charge is 2.06. The Morgan fingerprint density at radius 1 is 1.39 bits per heavy atom. The smallest absolute Gasteiger partial charge is 0.0721 e. The fraction of sp³-hybridized carbons (Fsp3) is 0.385. The van der Waals surface area contributed by atoms with E-state index in [1.54, 1.807) is 6.20 Å². The van der Waals surface area contributed by atoms with Gasteiger partial charge >= 0.3 is 0 Å². The van der Waals surface area contributed by atoms with Crippen LogP contribution >= 0.6 is 22.6 Å². The molecule has 0 saturated carbocycles. The quantitative estimate of drug-likeness (QED) is 0.838. The van der Waals surface area contributed by atoms with Crippen LogP contribution in [0.3, 0.4) is 0 Å². The molecule has 2 aromatic rings. The SMILES string of the molecule is CC(C)CNCc1cnccc1-n1cc(I)cn1. The van der Waals surface area contributed by atoms with E-state index in [0.717, 1.165) is 27.9 Å². The van der Waals surface area contributed by atoms with Gasteiger partial charge < -0.3 is 5.32 Å². The molecular weight excluding hydrogens is 339 g/mol. The van der Waals surface area contributed by atoms with Crippen molar-refractivity contribution in [3.05, 3.63) is 40.0 Å². The zero-order chi connectivity index (χ0) is 13.0. The summed E-state index contributed by atoms with van der Waals surface area (Å²) in [6.45, 7) is 6.23. The topological polar surface area (TPSA) is 42.7 Å². The summed E-state index contributed by atoms with van der Waals surface area (Å²) in [6, 6.07) is 2.00. The molecule has 2 aromatic heterocycles. The summed E-state index contributed by atoms with van der Waals surface area (Å²) in [7, 11) is 0. The molecule has 96 valence electrons. The van der Waals surface area contributed by atoms with Crippen LogP contribution in [0.1, 0.15) is 19.4 Å². The second-order valence-corrected chi connectivity index (χ2v) is 5.88. The third-order valence-electron chi connectivity index (χ3n) is 2.54. The van der Waals surface area contributed by atoms with E-state index in [-0.39, 0.29) is 0 Å². The fourth-order valence-corrected chi connectivity index (χ4v) is 2.10. The summed E-state index contributed by atoms with van der Waals surface area (Å²) in [4.78, 5) is 4.19. The Balaban J connectivity index is 2.15. The summed E-state index contributed by atoms with van der Waals surface area (Å²) in [5, 5.41) is 7.78. The first-order valence-corrected chi connectivity index (χ1v) is 7.09. The number of rotatable bonds is 5. The van der Waals surface area contributed by atoms with Crippen LogP contribution in [0.5, 0.6) is 0 Å². The van der Waals surface area contributed by atoms with Crippen molar-refractivity contribution in [1.82, 2.24) is 20.1 Å². The molecule has 0 aliphatic carbocycles. The van der Waals surface area contributed by atoms with Gasteiger partial charge in [0.2, 0.25) is 0 Å². The maximum atomic E-state index is 4.34. The molecular formula is C13H17IN4. The zero-order valence-electron chi connectivity index (χ0n) is 10.6. The maximum Gasteiger partial charge on any atom is 0.0721 e. The number of nitrogens with zero attached hydrogens (tertiary/aromatic N) is 3. The highest BCUT2D eigenvalue weighted by molar-refractivity contribution is 14.1. The van der Waals surface area contributed by atoms with Gasteiger partial charge in [0, 0.05) is 30.7 Å². The van der Waals surface area contributed by atoms with E-state index in [4.69, 9.17) is 0 Å². The van der Waals surface area contributed by atoms with Crippen LogP contribution in [0.25, 0.3) is 5.69 Å². The zero-order valence-corrected chi connectivity index (χ0v) is 12.8. The molecule has 0 unspecified atom stereocenters. The second kappa shape index (κ2) is 6.29. The molecule has 0 atom stereocenters. The first kappa shape index (κ1) is 13.5. The first-order chi connectivity index (χ1) is 8.66. The highest BCUT2D eigenvalue weighted by atomic mass is 127. The molecule has 0 radical (unpaired) electrons. The van der Waals surface area contributed by atoms with Crippen LogP contribution in [0, 0.1) is 9.49 Å². The van der Waals surface area contributed by atoms with Gasteiger partial charge in [0.25, 0.3) is 0 Å². The van der Waals surface area contributed by atoms with Crippen molar-refractivity contribution in [2.45, 2.75) is 20.4 Å². The van der Waals surface area contributed by atoms with E-state index in [1.165, 1.54) is 0 Å². The average Bonchev–Trinajstić information content (AvgIpc) is 2.76. The van der Waals surface area contributed by atoms with Crippen LogP contribution in [-0.4, -0.2) is 21.3 Å². The Labute approximate surface area is 121 Å². The largest absolute Gasteiger partial charge is 0.312 e. The molecule has 18 heavy (non-hydrogen) atoms. The Kier molecular flexibility index (Phi) is 4.71. The van der Waals surface area contributed by atoms with E-state index in [2.05, 4.69) is 51.8 Å². The highest BCUT2D eigenvalue weighted by Crippen LogP contribution is 2.14. The minimum absolute atomic E-state index is 0.649. The lowest BCUT2D eigenvalue weighted by atomic mass is 10.2. The van der Waals surface area contributed by atoms with Gasteiger partial charge in [-0.25, -0.2) is 4.68 Å². The van der Waals surface area contributed by atoms with Gasteiger partial charge in [0.15, 0.2) is 0 Å². The summed E-state index contributed by atoms with van der Waals surface area (Å²) in [5.74, 6) is 0.649. The van der Waals surface area contributed by atoms with Crippen molar-refractivity contribution >= 4 is 22.6 Å². The van der Waals surface area contributed by atoms with Crippen LogP contribution in [0.15, 0.2) is 30.9 Å². The van der Waals surface area contributed by atoms with E-state index < -0.39 is 0 Å². The van der Waals surface area contributed by atoms with E-state index >= 15 is 0 Å². The molecule has 2 heterocycles. The summed E-state index contributed by atoms with van der Waals surface area (Å²) >= 11 is 2.26. The molecule has 5 heteroatoms. The van der Waals surface area contributed by atoms with Gasteiger partial charge in [-0.05, 0) is 41.1 Å². The van der Waals surface area contributed by atoms with E-state index in [9.17, 15) is 0 Å². The summed E-state index contributed by atoms with van der Waals surface area (Å²) in [5.41, 5.74) is 2.25. The van der Waals surface area contributed by atoms with Gasteiger partial charge in [-0.3, -0.25) is 4.98 Å². The molecule has 2 rings (SSSR count). The van der Waals surface area contributed by atoms with Crippen molar-refractivity contribution < 1.29 is 0 Å². The van der Waals surface area contributed by atoms with Crippen molar-refractivity contribution in [3.8, 4) is 5.69 Å². The first-order valence-electron chi connectivity index (χ1n) is 6.01. The monoisotopic (exact) mass is 356 g/mol. The van der Waals surface area contributed by atoms with Gasteiger partial charge in [-0.1, -0.05) is 13.8 Å². The summed E-state index contributed by atoms with van der Waals surface area (Å²) in [6.07, 6.45) is 7.57. The van der Waals surface area contributed by atoms with E-state index in [1.807, 2.05) is 29.3 Å². The van der Waals surface area contributed by atoms with E-state index in [0.29, 0.717) is 5.92 Å². The molecule has 0 aliphatic rings. The molecule has 0 aliphatic heterocycles. The number of hydrogen-bond donors (Lipinski definition) is 1. The molecule has 1 N–H and O–H groups in total. The average molecular weight is 356 g/mol. The third-order valence-corrected chi connectivity index (χ3v) is 3.10. The van der Waals surface area contributed by atoms with Crippen LogP contribution < -0.4 is 5.32 Å². The van der Waals surface area contributed by atoms with Gasteiger partial charge in [0.1, 0.15) is 0 Å². The fourth-order valence-electron chi connectivity index (χ4n) is 1.71. The molecule has 0 amide bonds. The molecule has 0 saturated heterocycles. The van der Waals surface area contributed by atoms with Crippen LogP contribution in [0.2, 0.25) is 0 Å². The van der Waals surface area contributed by atoms with Crippen molar-refractivity contribution in [2.24, 2.45) is 5.92 Å². The lowest BCUT2D eigenvalue weighted by Gasteiger charge is -2.11. The maximum absolute atomic E-state index is 4.34. The Bertz CT molecular complexity index is 507. The standard InChI is InChI=1S/C13H17IN4/c1-10(2)5-16-7-11-6-15-4-3-13(11)18-9-12(14)8-17-18/h3-4,6,8-10,16H,5,7H2,1-2H3. The Hall–Kier alpha value is -0.950. The number of hydrogen-bond acceptors (Lipinski definition) is 3. The normalized spacial score (nSPS) is 11.1. The number of aromatic nitrogens is 3. The Morgan fingerprint density at radius 2 is 2.22 bits per heavy atom. The number of halogens is 1. The Morgan fingerprint density at radius 3 is 2.89 bits per heavy atom. The minimum Gasteiger partial charge on any atom is -0.312 e. The third kappa shape index (κ3) is 3.52. The van der Waals surface area contributed by atoms with Crippen molar-refractivity contribution in [2.75, 3.05) is 6.54 Å². The molecule has 0 fully saturated rings. The predicted molar refractivity (Wildman–Crippen MR) is 80.6 cm³/mol. The lowest BCUT2D eigenvalue weighted by molar-refractivity contribution is 0.550. The molecule has 0 spiro atoms. The molecule has 0 aromatic carbocycles. The molecule has 4 nitrogen and oxygen atoms in total. The van der Waals surface area contributed by atoms with Gasteiger partial charge in [-0.2, -0.15) is 5.10 Å². The predicted octanol–water partition coefficient (Wildman–Crippen LogP) is 2.62. The summed E-state index contributed by atoms with van der Waals surface area (Å²) < 4.78 is 3.03. The van der Waals surface area contributed by atoms with Gasteiger partial charge in [-0.15, -0.1) is 0 Å². The second-order valence-electron chi connectivity index (χ2n) is 4.63. The number of nitrogens with one attached hydrogen (secondary N) is 1. The van der Waals surface area contributed by atoms with Crippen LogP contribution in [-0.2, 0) is 6.54 Å².